The van der Waals surface area contributed by atoms with Gasteiger partial charge in [-0.3, -0.25) is 4.99 Å². The second-order valence-electron chi connectivity index (χ2n) is 2.55. The SMILES string of the molecule is Nc1ncnc(Cl)c1/C=N/CC(F)(F)F. The maximum Gasteiger partial charge on any atom is 0.407 e. The maximum absolute atomic E-state index is 11.8. The van der Waals surface area contributed by atoms with Gasteiger partial charge in [0.15, 0.2) is 0 Å². The first-order valence-electron chi connectivity index (χ1n) is 3.72. The highest BCUT2D eigenvalue weighted by Crippen LogP contribution is 2.17. The van der Waals surface area contributed by atoms with Gasteiger partial charge in [-0.05, 0) is 0 Å². The first-order chi connectivity index (χ1) is 6.90. The monoisotopic (exact) mass is 238 g/mol. The average Bonchev–Trinajstić information content (AvgIpc) is 2.08. The van der Waals surface area contributed by atoms with E-state index in [1.165, 1.54) is 0 Å². The van der Waals surface area contributed by atoms with Crippen LogP contribution in [-0.2, 0) is 0 Å². The highest BCUT2D eigenvalue weighted by Gasteiger charge is 2.25. The number of anilines is 1. The summed E-state index contributed by atoms with van der Waals surface area (Å²) in [5.74, 6) is -0.0130. The molecule has 2 N–H and O–H groups in total. The molecular formula is C7H6ClF3N4. The van der Waals surface area contributed by atoms with Crippen molar-refractivity contribution in [3.63, 3.8) is 0 Å². The lowest BCUT2D eigenvalue weighted by atomic mass is 10.3. The topological polar surface area (TPSA) is 64.2 Å². The molecule has 0 bridgehead atoms. The lowest BCUT2D eigenvalue weighted by Gasteiger charge is -2.02. The van der Waals surface area contributed by atoms with Crippen LogP contribution < -0.4 is 5.73 Å². The number of nitrogen functional groups attached to an aromatic ring is 1. The zero-order chi connectivity index (χ0) is 11.5. The van der Waals surface area contributed by atoms with Crippen LogP contribution in [0.5, 0.6) is 0 Å². The molecule has 0 radical (unpaired) electrons. The van der Waals surface area contributed by atoms with Gasteiger partial charge in [0.25, 0.3) is 0 Å². The van der Waals surface area contributed by atoms with Gasteiger partial charge in [-0.25, -0.2) is 9.97 Å². The van der Waals surface area contributed by atoms with Crippen LogP contribution >= 0.6 is 11.6 Å². The first-order valence-corrected chi connectivity index (χ1v) is 4.10. The summed E-state index contributed by atoms with van der Waals surface area (Å²) < 4.78 is 35.3. The molecule has 0 unspecified atom stereocenters. The van der Waals surface area contributed by atoms with Gasteiger partial charge in [-0.2, -0.15) is 13.2 Å². The molecule has 0 saturated carbocycles. The Morgan fingerprint density at radius 2 is 2.13 bits per heavy atom. The maximum atomic E-state index is 11.8. The highest BCUT2D eigenvalue weighted by molar-refractivity contribution is 6.32. The van der Waals surface area contributed by atoms with Gasteiger partial charge >= 0.3 is 6.18 Å². The van der Waals surface area contributed by atoms with Crippen molar-refractivity contribution in [2.24, 2.45) is 4.99 Å². The van der Waals surface area contributed by atoms with Crippen LogP contribution in [0, 0.1) is 0 Å². The summed E-state index contributed by atoms with van der Waals surface area (Å²) in [4.78, 5) is 10.3. The van der Waals surface area contributed by atoms with E-state index < -0.39 is 12.7 Å². The summed E-state index contributed by atoms with van der Waals surface area (Å²) in [7, 11) is 0. The molecule has 0 spiro atoms. The van der Waals surface area contributed by atoms with Crippen LogP contribution in [0.3, 0.4) is 0 Å². The smallest absolute Gasteiger partial charge is 0.383 e. The van der Waals surface area contributed by atoms with Crippen LogP contribution in [0.2, 0.25) is 5.15 Å². The molecule has 0 saturated heterocycles. The van der Waals surface area contributed by atoms with Gasteiger partial charge in [0.2, 0.25) is 0 Å². The summed E-state index contributed by atoms with van der Waals surface area (Å²) in [5.41, 5.74) is 5.45. The van der Waals surface area contributed by atoms with Gasteiger partial charge in [-0.1, -0.05) is 11.6 Å². The number of aromatic nitrogens is 2. The predicted octanol–water partition coefficient (Wildman–Crippen LogP) is 1.69. The second kappa shape index (κ2) is 4.43. The largest absolute Gasteiger partial charge is 0.407 e. The lowest BCUT2D eigenvalue weighted by molar-refractivity contribution is -0.118. The molecule has 0 aliphatic heterocycles. The normalized spacial score (nSPS) is 12.3. The zero-order valence-corrected chi connectivity index (χ0v) is 8.05. The van der Waals surface area contributed by atoms with Crippen LogP contribution in [-0.4, -0.2) is 28.9 Å². The molecule has 1 heterocycles. The average molecular weight is 239 g/mol. The zero-order valence-electron chi connectivity index (χ0n) is 7.29. The Bertz CT molecular complexity index is 357. The molecule has 0 atom stereocenters. The number of nitrogens with two attached hydrogens (primary N) is 1. The van der Waals surface area contributed by atoms with Gasteiger partial charge in [-0.15, -0.1) is 0 Å². The van der Waals surface area contributed by atoms with Crippen molar-refractivity contribution < 1.29 is 13.2 Å². The molecular weight excluding hydrogens is 233 g/mol. The van der Waals surface area contributed by atoms with E-state index in [2.05, 4.69) is 15.0 Å². The van der Waals surface area contributed by atoms with Crippen LogP contribution in [0.15, 0.2) is 11.3 Å². The Morgan fingerprint density at radius 1 is 1.47 bits per heavy atom. The standard InChI is InChI=1S/C7H6ClF3N4/c8-5-4(6(12)15-3-14-5)1-13-2-7(9,10)11/h1,3H,2H2,(H2,12,14,15)/b13-1+. The number of halogens is 4. The van der Waals surface area contributed by atoms with Crippen molar-refractivity contribution in [2.75, 3.05) is 12.3 Å². The minimum atomic E-state index is -4.35. The number of alkyl halides is 3. The van der Waals surface area contributed by atoms with Crippen molar-refractivity contribution in [3.8, 4) is 0 Å². The molecule has 8 heteroatoms. The molecule has 1 rings (SSSR count). The Kier molecular flexibility index (Phi) is 3.46. The van der Waals surface area contributed by atoms with Crippen molar-refractivity contribution in [1.29, 1.82) is 0 Å². The number of aliphatic imine (C=N–C) groups is 1. The van der Waals surface area contributed by atoms with E-state index in [9.17, 15) is 13.2 Å². The molecule has 1 aromatic rings. The molecule has 0 amide bonds. The third-order valence-electron chi connectivity index (χ3n) is 1.36. The van der Waals surface area contributed by atoms with Crippen LogP contribution in [0.25, 0.3) is 0 Å². The van der Waals surface area contributed by atoms with E-state index in [0.29, 0.717) is 0 Å². The van der Waals surface area contributed by atoms with E-state index in [0.717, 1.165) is 12.5 Å². The predicted molar refractivity (Wildman–Crippen MR) is 50.0 cm³/mol. The van der Waals surface area contributed by atoms with Gasteiger partial charge in [0, 0.05) is 6.21 Å². The van der Waals surface area contributed by atoms with Gasteiger partial charge in [0.05, 0.1) is 5.56 Å². The Balaban J connectivity index is 2.81. The molecule has 0 aliphatic carbocycles. The summed E-state index contributed by atoms with van der Waals surface area (Å²) in [6, 6.07) is 0. The fourth-order valence-corrected chi connectivity index (χ4v) is 0.936. The summed E-state index contributed by atoms with van der Waals surface area (Å²) >= 11 is 5.58. The lowest BCUT2D eigenvalue weighted by Crippen LogP contribution is -2.12. The fourth-order valence-electron chi connectivity index (χ4n) is 0.746. The Labute approximate surface area is 88.0 Å². The van der Waals surface area contributed by atoms with Crippen LogP contribution in [0.1, 0.15) is 5.56 Å². The van der Waals surface area contributed by atoms with Gasteiger partial charge in [0.1, 0.15) is 23.8 Å². The number of nitrogens with zero attached hydrogens (tertiary/aromatic N) is 3. The van der Waals surface area contributed by atoms with E-state index >= 15 is 0 Å². The molecule has 1 aromatic heterocycles. The van der Waals surface area contributed by atoms with E-state index in [1.807, 2.05) is 0 Å². The highest BCUT2D eigenvalue weighted by atomic mass is 35.5. The molecule has 82 valence electrons. The van der Waals surface area contributed by atoms with Crippen molar-refractivity contribution in [3.05, 3.63) is 17.0 Å². The Hall–Kier alpha value is -1.37. The number of rotatable bonds is 2. The number of hydrogen-bond donors (Lipinski definition) is 1. The summed E-state index contributed by atoms with van der Waals surface area (Å²) in [6.45, 7) is -1.29. The summed E-state index contributed by atoms with van der Waals surface area (Å²) in [6.07, 6.45) is -2.34. The van der Waals surface area contributed by atoms with E-state index in [1.54, 1.807) is 0 Å². The molecule has 15 heavy (non-hydrogen) atoms. The summed E-state index contributed by atoms with van der Waals surface area (Å²) in [5, 5.41) is -0.0339. The van der Waals surface area contributed by atoms with Crippen molar-refractivity contribution in [2.45, 2.75) is 6.18 Å². The molecule has 0 fully saturated rings. The first kappa shape index (κ1) is 11.7. The minimum absolute atomic E-state index is 0.0130. The quantitative estimate of drug-likeness (QED) is 0.630. The third-order valence-corrected chi connectivity index (χ3v) is 1.66. The minimum Gasteiger partial charge on any atom is -0.383 e. The van der Waals surface area contributed by atoms with Crippen molar-refractivity contribution >= 4 is 23.6 Å². The molecule has 4 nitrogen and oxygen atoms in total. The van der Waals surface area contributed by atoms with E-state index in [-0.39, 0.29) is 16.5 Å². The number of hydrogen-bond acceptors (Lipinski definition) is 4. The third kappa shape index (κ3) is 3.70. The molecule has 0 aliphatic rings. The fraction of sp³-hybridized carbons (Fsp3) is 0.286. The Morgan fingerprint density at radius 3 is 2.67 bits per heavy atom. The molecule has 0 aromatic carbocycles. The van der Waals surface area contributed by atoms with E-state index in [4.69, 9.17) is 17.3 Å². The second-order valence-corrected chi connectivity index (χ2v) is 2.91. The van der Waals surface area contributed by atoms with Gasteiger partial charge < -0.3 is 5.73 Å². The van der Waals surface area contributed by atoms with Crippen LogP contribution in [0.4, 0.5) is 19.0 Å². The van der Waals surface area contributed by atoms with Crippen molar-refractivity contribution in [1.82, 2.24) is 9.97 Å².